The van der Waals surface area contributed by atoms with Crippen LogP contribution in [0.2, 0.25) is 5.02 Å². The number of anilines is 1. The lowest BCUT2D eigenvalue weighted by molar-refractivity contribution is -0.121. The normalized spacial score (nSPS) is 18.9. The number of carbonyl (C=O) groups excluding carboxylic acids is 2. The van der Waals surface area contributed by atoms with Crippen LogP contribution in [-0.4, -0.2) is 27.0 Å². The van der Waals surface area contributed by atoms with Crippen LogP contribution < -0.4 is 21.9 Å². The molecule has 2 N–H and O–H groups in total. The second-order valence-electron chi connectivity index (χ2n) is 10.4. The molecule has 202 valence electrons. The van der Waals surface area contributed by atoms with Crippen molar-refractivity contribution in [3.63, 3.8) is 0 Å². The van der Waals surface area contributed by atoms with E-state index in [1.165, 1.54) is 16.7 Å². The van der Waals surface area contributed by atoms with Gasteiger partial charge >= 0.3 is 5.69 Å². The topological polar surface area (TPSA) is 126 Å². The number of nitrogens with one attached hydrogen (secondary N) is 2. The number of amides is 2. The average Bonchev–Trinajstić information content (AvgIpc) is 3.76. The Morgan fingerprint density at radius 1 is 1.05 bits per heavy atom. The van der Waals surface area contributed by atoms with Gasteiger partial charge in [-0.05, 0) is 74.9 Å². The van der Waals surface area contributed by atoms with E-state index in [1.807, 2.05) is 13.0 Å². The monoisotopic (exact) mass is 547 g/mol. The minimum Gasteiger partial charge on any atom is -0.349 e. The summed E-state index contributed by atoms with van der Waals surface area (Å²) in [6.45, 7) is 2.71. The number of benzene rings is 2. The summed E-state index contributed by atoms with van der Waals surface area (Å²) in [5.74, 6) is -0.687. The minimum atomic E-state index is -0.455. The van der Waals surface area contributed by atoms with Gasteiger partial charge in [0, 0.05) is 30.4 Å². The van der Waals surface area contributed by atoms with E-state index in [4.69, 9.17) is 16.9 Å². The van der Waals surface area contributed by atoms with Gasteiger partial charge in [-0.25, -0.2) is 4.79 Å². The molecule has 2 aliphatic carbocycles. The summed E-state index contributed by atoms with van der Waals surface area (Å²) in [5.41, 5.74) is 0.978. The summed E-state index contributed by atoms with van der Waals surface area (Å²) < 4.78 is 2.91. The van der Waals surface area contributed by atoms with Crippen molar-refractivity contribution in [3.05, 3.63) is 73.4 Å². The van der Waals surface area contributed by atoms with Crippen LogP contribution in [0.3, 0.4) is 0 Å². The molecule has 0 spiro atoms. The van der Waals surface area contributed by atoms with Gasteiger partial charge in [0.2, 0.25) is 5.91 Å². The predicted molar refractivity (Wildman–Crippen MR) is 149 cm³/mol. The highest BCUT2D eigenvalue weighted by Crippen LogP contribution is 2.30. The molecule has 39 heavy (non-hydrogen) atoms. The number of halogens is 1. The largest absolute Gasteiger partial charge is 0.349 e. The molecule has 0 radical (unpaired) electrons. The minimum absolute atomic E-state index is 0.198. The van der Waals surface area contributed by atoms with Gasteiger partial charge in [-0.1, -0.05) is 24.4 Å². The summed E-state index contributed by atoms with van der Waals surface area (Å²) in [6, 6.07) is 11.1. The Morgan fingerprint density at radius 2 is 1.82 bits per heavy atom. The van der Waals surface area contributed by atoms with Gasteiger partial charge in [-0.3, -0.25) is 23.5 Å². The molecule has 0 saturated heterocycles. The molecule has 2 fully saturated rings. The van der Waals surface area contributed by atoms with Crippen LogP contribution >= 0.6 is 11.6 Å². The number of rotatable bonds is 7. The Kier molecular flexibility index (Phi) is 7.58. The third kappa shape index (κ3) is 5.48. The van der Waals surface area contributed by atoms with Crippen molar-refractivity contribution in [2.24, 2.45) is 11.8 Å². The molecule has 0 aliphatic heterocycles. The SMILES string of the molecule is CCn1c(=O)n(CC2CC2)c(=O)c2cc(NC(=O)[C@H]3CCCCC3NC(=O)c3ccc(C#N)c(Cl)c3)ccc21. The maximum absolute atomic E-state index is 13.4. The van der Waals surface area contributed by atoms with Crippen LogP contribution in [0.15, 0.2) is 46.0 Å². The van der Waals surface area contributed by atoms with E-state index in [2.05, 4.69) is 10.6 Å². The van der Waals surface area contributed by atoms with Crippen LogP contribution in [0, 0.1) is 23.2 Å². The highest BCUT2D eigenvalue weighted by Gasteiger charge is 2.32. The zero-order chi connectivity index (χ0) is 27.7. The van der Waals surface area contributed by atoms with Crippen molar-refractivity contribution in [1.29, 1.82) is 5.26 Å². The van der Waals surface area contributed by atoms with Crippen LogP contribution in [0.25, 0.3) is 10.9 Å². The smallest absolute Gasteiger partial charge is 0.331 e. The van der Waals surface area contributed by atoms with Gasteiger partial charge in [-0.15, -0.1) is 0 Å². The lowest BCUT2D eigenvalue weighted by Crippen LogP contribution is -2.46. The number of hydrogen-bond donors (Lipinski definition) is 2. The standard InChI is InChI=1S/C29H30ClN5O4/c1-2-34-25-12-11-20(14-22(25)28(38)35(29(34)39)16-17-7-8-17)32-27(37)21-5-3-4-6-24(21)33-26(36)18-9-10-19(15-31)23(30)13-18/h9-14,17,21,24H,2-8,16H2,1H3,(H,32,37)(H,33,36)/t21-,24?/m0/s1. The third-order valence-electron chi connectivity index (χ3n) is 7.72. The Labute approximate surface area is 230 Å². The molecule has 3 aromatic rings. The third-order valence-corrected chi connectivity index (χ3v) is 8.03. The summed E-state index contributed by atoms with van der Waals surface area (Å²) in [7, 11) is 0. The number of nitriles is 1. The molecule has 2 saturated carbocycles. The first-order chi connectivity index (χ1) is 18.8. The molecule has 9 nitrogen and oxygen atoms in total. The van der Waals surface area contributed by atoms with Gasteiger partial charge in [0.25, 0.3) is 11.5 Å². The van der Waals surface area contributed by atoms with E-state index >= 15 is 0 Å². The lowest BCUT2D eigenvalue weighted by atomic mass is 9.83. The van der Waals surface area contributed by atoms with E-state index in [-0.39, 0.29) is 39.7 Å². The molecule has 2 atom stereocenters. The number of fused-ring (bicyclic) bond motifs is 1. The number of carbonyl (C=O) groups is 2. The van der Waals surface area contributed by atoms with E-state index < -0.39 is 5.92 Å². The molecule has 5 rings (SSSR count). The van der Waals surface area contributed by atoms with Gasteiger partial charge in [0.15, 0.2) is 0 Å². The molecule has 2 amide bonds. The van der Waals surface area contributed by atoms with E-state index in [9.17, 15) is 19.2 Å². The molecule has 1 aromatic heterocycles. The number of hydrogen-bond acceptors (Lipinski definition) is 5. The Morgan fingerprint density at radius 3 is 2.51 bits per heavy atom. The number of aryl methyl sites for hydroxylation is 1. The van der Waals surface area contributed by atoms with E-state index in [0.717, 1.165) is 25.7 Å². The van der Waals surface area contributed by atoms with Crippen molar-refractivity contribution >= 4 is 40.0 Å². The highest BCUT2D eigenvalue weighted by atomic mass is 35.5. The quantitative estimate of drug-likeness (QED) is 0.461. The average molecular weight is 548 g/mol. The van der Waals surface area contributed by atoms with Crippen molar-refractivity contribution in [2.75, 3.05) is 5.32 Å². The van der Waals surface area contributed by atoms with Crippen LogP contribution in [-0.2, 0) is 17.9 Å². The van der Waals surface area contributed by atoms with Crippen molar-refractivity contribution in [1.82, 2.24) is 14.5 Å². The summed E-state index contributed by atoms with van der Waals surface area (Å²) in [5, 5.41) is 15.6. The summed E-state index contributed by atoms with van der Waals surface area (Å²) >= 11 is 6.09. The first kappa shape index (κ1) is 26.7. The molecule has 2 aliphatic rings. The first-order valence-electron chi connectivity index (χ1n) is 13.4. The molecule has 2 aromatic carbocycles. The Bertz CT molecular complexity index is 1610. The second kappa shape index (κ2) is 11.1. The van der Waals surface area contributed by atoms with Gasteiger partial charge in [0.05, 0.1) is 27.4 Å². The maximum atomic E-state index is 13.4. The summed E-state index contributed by atoms with van der Waals surface area (Å²) in [4.78, 5) is 52.5. The van der Waals surface area contributed by atoms with Gasteiger partial charge in [-0.2, -0.15) is 5.26 Å². The van der Waals surface area contributed by atoms with E-state index in [0.29, 0.717) is 54.0 Å². The predicted octanol–water partition coefficient (Wildman–Crippen LogP) is 4.05. The molecule has 1 heterocycles. The van der Waals surface area contributed by atoms with Gasteiger partial charge < -0.3 is 10.6 Å². The summed E-state index contributed by atoms with van der Waals surface area (Å²) in [6.07, 6.45) is 5.04. The van der Waals surface area contributed by atoms with Crippen molar-refractivity contribution < 1.29 is 9.59 Å². The van der Waals surface area contributed by atoms with Crippen LogP contribution in [0.5, 0.6) is 0 Å². The maximum Gasteiger partial charge on any atom is 0.331 e. The number of nitrogens with zero attached hydrogens (tertiary/aromatic N) is 3. The Hall–Kier alpha value is -3.90. The number of aromatic nitrogens is 2. The molecule has 1 unspecified atom stereocenters. The fourth-order valence-electron chi connectivity index (χ4n) is 5.38. The molecule has 10 heteroatoms. The lowest BCUT2D eigenvalue weighted by Gasteiger charge is -2.31. The fourth-order valence-corrected chi connectivity index (χ4v) is 5.60. The van der Waals surface area contributed by atoms with Crippen LogP contribution in [0.4, 0.5) is 5.69 Å². The van der Waals surface area contributed by atoms with Gasteiger partial charge in [0.1, 0.15) is 6.07 Å². The fraction of sp³-hybridized carbons (Fsp3) is 0.414. The zero-order valence-corrected chi connectivity index (χ0v) is 22.5. The first-order valence-corrected chi connectivity index (χ1v) is 13.8. The molecular formula is C29H30ClN5O4. The second-order valence-corrected chi connectivity index (χ2v) is 10.8. The highest BCUT2D eigenvalue weighted by molar-refractivity contribution is 6.32. The van der Waals surface area contributed by atoms with Crippen LogP contribution in [0.1, 0.15) is 61.4 Å². The Balaban J connectivity index is 1.37. The molecular weight excluding hydrogens is 518 g/mol. The zero-order valence-electron chi connectivity index (χ0n) is 21.7. The van der Waals surface area contributed by atoms with Crippen molar-refractivity contribution in [3.8, 4) is 6.07 Å². The van der Waals surface area contributed by atoms with Crippen molar-refractivity contribution in [2.45, 2.75) is 64.6 Å². The van der Waals surface area contributed by atoms with E-state index in [1.54, 1.807) is 28.8 Å². The molecule has 0 bridgehead atoms.